The van der Waals surface area contributed by atoms with Crippen LogP contribution in [0.1, 0.15) is 61.9 Å². The second kappa shape index (κ2) is 10.7. The molecule has 0 saturated heterocycles. The topological polar surface area (TPSA) is 88.7 Å². The molecule has 1 aromatic carbocycles. The molecule has 0 aliphatic carbocycles. The van der Waals surface area contributed by atoms with Crippen LogP contribution in [-0.2, 0) is 15.7 Å². The number of halogens is 3. The zero-order valence-corrected chi connectivity index (χ0v) is 19.1. The highest BCUT2D eigenvalue weighted by Gasteiger charge is 2.33. The van der Waals surface area contributed by atoms with Crippen LogP contribution in [0.15, 0.2) is 24.3 Å². The predicted molar refractivity (Wildman–Crippen MR) is 114 cm³/mol. The summed E-state index contributed by atoms with van der Waals surface area (Å²) < 4.78 is 48.6. The maximum absolute atomic E-state index is 13.4. The first-order valence-corrected chi connectivity index (χ1v) is 10.3. The summed E-state index contributed by atoms with van der Waals surface area (Å²) in [6, 6.07) is 2.82. The summed E-state index contributed by atoms with van der Waals surface area (Å²) in [6.07, 6.45) is -4.53. The number of H-pyrrole nitrogens is 1. The van der Waals surface area contributed by atoms with Crippen LogP contribution in [0, 0.1) is 13.8 Å². The van der Waals surface area contributed by atoms with E-state index in [1.54, 1.807) is 20.8 Å². The molecule has 10 heteroatoms. The quantitative estimate of drug-likeness (QED) is 0.441. The number of aryl methyl sites for hydroxylation is 1. The molecule has 0 bridgehead atoms. The molecular weight excluding hydrogens is 441 g/mol. The molecule has 0 spiro atoms. The SMILES string of the molecule is CCOC(=O)c1[nH]c(C)c(C(=O)[C@H](C)N(CCOC)C(=O)c2ccc(C(F)(F)F)cc2)c1C. The maximum Gasteiger partial charge on any atom is 0.416 e. The average Bonchev–Trinajstić information content (AvgIpc) is 3.06. The third-order valence-electron chi connectivity index (χ3n) is 5.27. The smallest absolute Gasteiger partial charge is 0.416 e. The van der Waals surface area contributed by atoms with Gasteiger partial charge in [-0.2, -0.15) is 13.2 Å². The number of amides is 1. The van der Waals surface area contributed by atoms with Gasteiger partial charge in [0.15, 0.2) is 5.78 Å². The van der Waals surface area contributed by atoms with E-state index in [0.717, 1.165) is 24.3 Å². The van der Waals surface area contributed by atoms with Gasteiger partial charge in [-0.3, -0.25) is 9.59 Å². The number of nitrogens with zero attached hydrogens (tertiary/aromatic N) is 1. The molecule has 1 amide bonds. The lowest BCUT2D eigenvalue weighted by Gasteiger charge is -2.28. The van der Waals surface area contributed by atoms with Gasteiger partial charge in [0.2, 0.25) is 0 Å². The highest BCUT2D eigenvalue weighted by molar-refractivity contribution is 6.07. The number of rotatable bonds is 9. The summed E-state index contributed by atoms with van der Waals surface area (Å²) in [7, 11) is 1.43. The molecule has 0 radical (unpaired) electrons. The van der Waals surface area contributed by atoms with Crippen molar-refractivity contribution in [3.63, 3.8) is 0 Å². The van der Waals surface area contributed by atoms with Crippen LogP contribution in [0.3, 0.4) is 0 Å². The number of esters is 1. The summed E-state index contributed by atoms with van der Waals surface area (Å²) in [5.41, 5.74) is 0.387. The Kier molecular flexibility index (Phi) is 8.43. The summed E-state index contributed by atoms with van der Waals surface area (Å²) >= 11 is 0. The highest BCUT2D eigenvalue weighted by Crippen LogP contribution is 2.29. The van der Waals surface area contributed by atoms with Crippen LogP contribution < -0.4 is 0 Å². The molecule has 0 saturated carbocycles. The van der Waals surface area contributed by atoms with Crippen molar-refractivity contribution < 1.29 is 37.0 Å². The number of ether oxygens (including phenoxy) is 2. The van der Waals surface area contributed by atoms with E-state index in [1.807, 2.05) is 0 Å². The Balaban J connectivity index is 2.37. The Labute approximate surface area is 189 Å². The van der Waals surface area contributed by atoms with Crippen molar-refractivity contribution in [1.82, 2.24) is 9.88 Å². The molecule has 2 rings (SSSR count). The monoisotopic (exact) mass is 468 g/mol. The number of aromatic nitrogens is 1. The van der Waals surface area contributed by atoms with Gasteiger partial charge in [0.05, 0.1) is 24.8 Å². The first-order chi connectivity index (χ1) is 15.4. The minimum Gasteiger partial charge on any atom is -0.461 e. The zero-order chi connectivity index (χ0) is 24.9. The number of alkyl halides is 3. The summed E-state index contributed by atoms with van der Waals surface area (Å²) in [5.74, 6) is -1.63. The molecule has 1 aromatic heterocycles. The number of aromatic amines is 1. The molecule has 1 N–H and O–H groups in total. The Hall–Kier alpha value is -3.14. The van der Waals surface area contributed by atoms with Crippen LogP contribution in [0.4, 0.5) is 13.2 Å². The molecule has 0 unspecified atom stereocenters. The Morgan fingerprint density at radius 2 is 1.73 bits per heavy atom. The van der Waals surface area contributed by atoms with Crippen LogP contribution >= 0.6 is 0 Å². The molecule has 33 heavy (non-hydrogen) atoms. The molecule has 1 heterocycles. The van der Waals surface area contributed by atoms with Crippen LogP contribution in [0.25, 0.3) is 0 Å². The third kappa shape index (κ3) is 5.81. The summed E-state index contributed by atoms with van der Waals surface area (Å²) in [4.78, 5) is 42.7. The second-order valence-electron chi connectivity index (χ2n) is 7.45. The van der Waals surface area contributed by atoms with Gasteiger partial charge in [0.25, 0.3) is 5.91 Å². The largest absolute Gasteiger partial charge is 0.461 e. The van der Waals surface area contributed by atoms with E-state index in [4.69, 9.17) is 9.47 Å². The molecule has 1 atom stereocenters. The lowest BCUT2D eigenvalue weighted by molar-refractivity contribution is -0.137. The van der Waals surface area contributed by atoms with Crippen molar-refractivity contribution >= 4 is 17.7 Å². The first-order valence-electron chi connectivity index (χ1n) is 10.3. The third-order valence-corrected chi connectivity index (χ3v) is 5.27. The number of carbonyl (C=O) groups excluding carboxylic acids is 3. The molecule has 180 valence electrons. The fraction of sp³-hybridized carbons (Fsp3) is 0.435. The van der Waals surface area contributed by atoms with Crippen molar-refractivity contribution in [3.05, 3.63) is 57.9 Å². The predicted octanol–water partition coefficient (Wildman–Crippen LogP) is 4.19. The molecule has 0 aliphatic rings. The van der Waals surface area contributed by atoms with Crippen molar-refractivity contribution in [3.8, 4) is 0 Å². The number of ketones is 1. The van der Waals surface area contributed by atoms with E-state index in [-0.39, 0.29) is 36.6 Å². The summed E-state index contributed by atoms with van der Waals surface area (Å²) in [5, 5.41) is 0. The highest BCUT2D eigenvalue weighted by atomic mass is 19.4. The molecule has 2 aromatic rings. The van der Waals surface area contributed by atoms with Gasteiger partial charge in [-0.1, -0.05) is 0 Å². The fourth-order valence-electron chi connectivity index (χ4n) is 3.51. The second-order valence-corrected chi connectivity index (χ2v) is 7.45. The molecule has 0 fully saturated rings. The summed E-state index contributed by atoms with van der Waals surface area (Å²) in [6.45, 7) is 6.75. The Bertz CT molecular complexity index is 1010. The van der Waals surface area contributed by atoms with Gasteiger partial charge in [0.1, 0.15) is 5.69 Å². The van der Waals surface area contributed by atoms with E-state index in [9.17, 15) is 27.6 Å². The van der Waals surface area contributed by atoms with Gasteiger partial charge in [0, 0.05) is 30.5 Å². The lowest BCUT2D eigenvalue weighted by Crippen LogP contribution is -2.45. The van der Waals surface area contributed by atoms with Gasteiger partial charge in [-0.05, 0) is 57.5 Å². The van der Waals surface area contributed by atoms with Gasteiger partial charge in [-0.15, -0.1) is 0 Å². The first kappa shape index (κ1) is 26.1. The standard InChI is InChI=1S/C23H27F3N2O5/c1-6-33-22(31)19-13(2)18(14(3)27-19)20(29)15(4)28(11-12-32-5)21(30)16-7-9-17(10-8-16)23(24,25)26/h7-10,15,27H,6,11-12H2,1-5H3/t15-/m0/s1. The number of methoxy groups -OCH3 is 1. The van der Waals surface area contributed by atoms with Crippen molar-refractivity contribution in [2.75, 3.05) is 26.9 Å². The number of benzene rings is 1. The van der Waals surface area contributed by atoms with Gasteiger partial charge >= 0.3 is 12.1 Å². The maximum atomic E-state index is 13.4. The van der Waals surface area contributed by atoms with Crippen molar-refractivity contribution in [1.29, 1.82) is 0 Å². The van der Waals surface area contributed by atoms with E-state index < -0.39 is 35.4 Å². The van der Waals surface area contributed by atoms with Crippen molar-refractivity contribution in [2.45, 2.75) is 39.9 Å². The number of hydrogen-bond acceptors (Lipinski definition) is 5. The zero-order valence-electron chi connectivity index (χ0n) is 19.1. The van der Waals surface area contributed by atoms with Crippen LogP contribution in [0.5, 0.6) is 0 Å². The number of hydrogen-bond donors (Lipinski definition) is 1. The minimum atomic E-state index is -4.53. The van der Waals surface area contributed by atoms with Gasteiger partial charge in [-0.25, -0.2) is 4.79 Å². The Morgan fingerprint density at radius 3 is 2.24 bits per heavy atom. The molecular formula is C23H27F3N2O5. The molecule has 7 nitrogen and oxygen atoms in total. The Morgan fingerprint density at radius 1 is 1.12 bits per heavy atom. The van der Waals surface area contributed by atoms with E-state index in [0.29, 0.717) is 11.3 Å². The number of carbonyl (C=O) groups is 3. The van der Waals surface area contributed by atoms with Gasteiger partial charge < -0.3 is 19.4 Å². The normalized spacial score (nSPS) is 12.4. The number of Topliss-reactive ketones (excluding diaryl/α,β-unsaturated/α-hetero) is 1. The van der Waals surface area contributed by atoms with Crippen LogP contribution in [-0.4, -0.2) is 60.5 Å². The van der Waals surface area contributed by atoms with E-state index in [1.165, 1.54) is 18.9 Å². The van der Waals surface area contributed by atoms with E-state index in [2.05, 4.69) is 4.98 Å². The van der Waals surface area contributed by atoms with Crippen molar-refractivity contribution in [2.24, 2.45) is 0 Å². The van der Waals surface area contributed by atoms with E-state index >= 15 is 0 Å². The fourth-order valence-corrected chi connectivity index (χ4v) is 3.51. The lowest BCUT2D eigenvalue weighted by atomic mass is 9.99. The average molecular weight is 468 g/mol. The van der Waals surface area contributed by atoms with Crippen LogP contribution in [0.2, 0.25) is 0 Å². The number of nitrogens with one attached hydrogen (secondary N) is 1. The molecule has 0 aliphatic heterocycles. The minimum absolute atomic E-state index is 0.00785.